The largest absolute Gasteiger partial charge is 0.314 e. The summed E-state index contributed by atoms with van der Waals surface area (Å²) in [6, 6.07) is 0.665. The lowest BCUT2D eigenvalue weighted by Gasteiger charge is -2.33. The number of rotatable bonds is 5. The Morgan fingerprint density at radius 3 is 2.53 bits per heavy atom. The van der Waals surface area contributed by atoms with E-state index in [0.717, 1.165) is 31.2 Å². The Labute approximate surface area is 95.0 Å². The maximum Gasteiger partial charge on any atom is 0.0104 e. The summed E-state index contributed by atoms with van der Waals surface area (Å²) in [5, 5.41) is 3.61. The molecular formula is C14H25N. The monoisotopic (exact) mass is 207 g/mol. The first-order valence-electron chi connectivity index (χ1n) is 6.44. The van der Waals surface area contributed by atoms with Gasteiger partial charge in [-0.25, -0.2) is 0 Å². The van der Waals surface area contributed by atoms with Crippen molar-refractivity contribution in [3.8, 4) is 12.3 Å². The minimum Gasteiger partial charge on any atom is -0.314 e. The summed E-state index contributed by atoms with van der Waals surface area (Å²) >= 11 is 0. The van der Waals surface area contributed by atoms with Crippen molar-refractivity contribution in [2.75, 3.05) is 6.54 Å². The van der Waals surface area contributed by atoms with Crippen LogP contribution in [0.25, 0.3) is 0 Å². The minimum absolute atomic E-state index is 0.665. The predicted octanol–water partition coefficient (Wildman–Crippen LogP) is 3.20. The van der Waals surface area contributed by atoms with E-state index in [9.17, 15) is 0 Å². The zero-order valence-corrected chi connectivity index (χ0v) is 10.3. The van der Waals surface area contributed by atoms with Crippen molar-refractivity contribution in [2.24, 2.45) is 11.8 Å². The third-order valence-corrected chi connectivity index (χ3v) is 3.70. The molecule has 1 heteroatoms. The average Bonchev–Trinajstić information content (AvgIpc) is 2.25. The molecule has 1 nitrogen and oxygen atoms in total. The van der Waals surface area contributed by atoms with Crippen LogP contribution in [0.4, 0.5) is 0 Å². The first-order valence-corrected chi connectivity index (χ1v) is 6.44. The van der Waals surface area contributed by atoms with Gasteiger partial charge < -0.3 is 5.32 Å². The summed E-state index contributed by atoms with van der Waals surface area (Å²) in [5.41, 5.74) is 0. The normalized spacial score (nSPS) is 28.3. The van der Waals surface area contributed by atoms with E-state index in [1.165, 1.54) is 25.7 Å². The molecule has 0 amide bonds. The number of hydrogen-bond acceptors (Lipinski definition) is 1. The molecule has 0 aliphatic heterocycles. The Kier molecular flexibility index (Phi) is 5.79. The third-order valence-electron chi connectivity index (χ3n) is 3.70. The lowest BCUT2D eigenvalue weighted by atomic mass is 9.78. The van der Waals surface area contributed by atoms with E-state index in [1.807, 2.05) is 0 Å². The molecule has 1 saturated carbocycles. The maximum absolute atomic E-state index is 5.35. The molecule has 0 bridgehead atoms. The van der Waals surface area contributed by atoms with Gasteiger partial charge in [0, 0.05) is 12.5 Å². The van der Waals surface area contributed by atoms with E-state index in [4.69, 9.17) is 6.42 Å². The van der Waals surface area contributed by atoms with Gasteiger partial charge in [0.1, 0.15) is 0 Å². The topological polar surface area (TPSA) is 12.0 Å². The Morgan fingerprint density at radius 1 is 1.33 bits per heavy atom. The minimum atomic E-state index is 0.665. The highest BCUT2D eigenvalue weighted by atomic mass is 14.9. The molecule has 0 radical (unpaired) electrons. The Bertz CT molecular complexity index is 196. The SMILES string of the molecule is C#CCCC(NCC)C1CCC(C)CC1. The second kappa shape index (κ2) is 6.90. The highest BCUT2D eigenvalue weighted by Gasteiger charge is 2.24. The molecule has 1 aliphatic rings. The van der Waals surface area contributed by atoms with Crippen LogP contribution in [0.15, 0.2) is 0 Å². The van der Waals surface area contributed by atoms with Crippen LogP contribution < -0.4 is 5.32 Å². The van der Waals surface area contributed by atoms with Gasteiger partial charge in [0.2, 0.25) is 0 Å². The van der Waals surface area contributed by atoms with Gasteiger partial charge in [0.25, 0.3) is 0 Å². The van der Waals surface area contributed by atoms with Crippen LogP contribution in [-0.4, -0.2) is 12.6 Å². The molecule has 0 aromatic rings. The lowest BCUT2D eigenvalue weighted by molar-refractivity contribution is 0.225. The molecule has 0 saturated heterocycles. The molecule has 1 rings (SSSR count). The van der Waals surface area contributed by atoms with Gasteiger partial charge in [-0.05, 0) is 37.6 Å². The summed E-state index contributed by atoms with van der Waals surface area (Å²) < 4.78 is 0. The van der Waals surface area contributed by atoms with Crippen LogP contribution in [0, 0.1) is 24.2 Å². The predicted molar refractivity (Wildman–Crippen MR) is 66.7 cm³/mol. The van der Waals surface area contributed by atoms with Gasteiger partial charge in [0.05, 0.1) is 0 Å². The average molecular weight is 207 g/mol. The van der Waals surface area contributed by atoms with Gasteiger partial charge in [-0.2, -0.15) is 0 Å². The van der Waals surface area contributed by atoms with Crippen molar-refractivity contribution in [1.29, 1.82) is 0 Å². The number of terminal acetylenes is 1. The standard InChI is InChI=1S/C14H25N/c1-4-6-7-14(15-5-2)13-10-8-12(3)9-11-13/h1,12-15H,5-11H2,2-3H3. The summed E-state index contributed by atoms with van der Waals surface area (Å²) in [7, 11) is 0. The van der Waals surface area contributed by atoms with Gasteiger partial charge in [-0.3, -0.25) is 0 Å². The molecule has 1 atom stereocenters. The summed E-state index contributed by atoms with van der Waals surface area (Å²) in [5.74, 6) is 4.58. The van der Waals surface area contributed by atoms with E-state index in [2.05, 4.69) is 25.1 Å². The maximum atomic E-state index is 5.35. The first-order chi connectivity index (χ1) is 7.27. The molecule has 1 unspecified atom stereocenters. The first kappa shape index (κ1) is 12.6. The highest BCUT2D eigenvalue weighted by molar-refractivity contribution is 4.88. The van der Waals surface area contributed by atoms with Crippen LogP contribution in [0.2, 0.25) is 0 Å². The quantitative estimate of drug-likeness (QED) is 0.683. The molecule has 1 N–H and O–H groups in total. The Balaban J connectivity index is 2.37. The smallest absolute Gasteiger partial charge is 0.0104 e. The van der Waals surface area contributed by atoms with E-state index in [0.29, 0.717) is 6.04 Å². The lowest BCUT2D eigenvalue weighted by Crippen LogP contribution is -2.37. The van der Waals surface area contributed by atoms with Crippen molar-refractivity contribution in [3.05, 3.63) is 0 Å². The van der Waals surface area contributed by atoms with Crippen molar-refractivity contribution in [3.63, 3.8) is 0 Å². The van der Waals surface area contributed by atoms with Crippen molar-refractivity contribution >= 4 is 0 Å². The molecular weight excluding hydrogens is 182 g/mol. The van der Waals surface area contributed by atoms with Crippen molar-refractivity contribution in [2.45, 2.75) is 58.4 Å². The van der Waals surface area contributed by atoms with Gasteiger partial charge in [-0.1, -0.05) is 26.7 Å². The number of nitrogens with one attached hydrogen (secondary N) is 1. The van der Waals surface area contributed by atoms with E-state index < -0.39 is 0 Å². The number of hydrogen-bond donors (Lipinski definition) is 1. The molecule has 0 spiro atoms. The van der Waals surface area contributed by atoms with Gasteiger partial charge in [-0.15, -0.1) is 12.3 Å². The van der Waals surface area contributed by atoms with Crippen LogP contribution in [-0.2, 0) is 0 Å². The molecule has 0 aromatic carbocycles. The fraction of sp³-hybridized carbons (Fsp3) is 0.857. The van der Waals surface area contributed by atoms with Crippen molar-refractivity contribution < 1.29 is 0 Å². The van der Waals surface area contributed by atoms with Gasteiger partial charge >= 0.3 is 0 Å². The van der Waals surface area contributed by atoms with Crippen LogP contribution in [0.5, 0.6) is 0 Å². The van der Waals surface area contributed by atoms with E-state index in [-0.39, 0.29) is 0 Å². The van der Waals surface area contributed by atoms with Gasteiger partial charge in [0.15, 0.2) is 0 Å². The summed E-state index contributed by atoms with van der Waals surface area (Å²) in [6.45, 7) is 5.63. The fourth-order valence-corrected chi connectivity index (χ4v) is 2.69. The van der Waals surface area contributed by atoms with E-state index >= 15 is 0 Å². The highest BCUT2D eigenvalue weighted by Crippen LogP contribution is 2.31. The second-order valence-corrected chi connectivity index (χ2v) is 4.93. The summed E-state index contributed by atoms with van der Waals surface area (Å²) in [4.78, 5) is 0. The molecule has 86 valence electrons. The third kappa shape index (κ3) is 4.26. The Hall–Kier alpha value is -0.480. The van der Waals surface area contributed by atoms with Crippen LogP contribution >= 0.6 is 0 Å². The molecule has 0 aromatic heterocycles. The molecule has 0 heterocycles. The van der Waals surface area contributed by atoms with Crippen LogP contribution in [0.1, 0.15) is 52.4 Å². The molecule has 1 aliphatic carbocycles. The Morgan fingerprint density at radius 2 is 2.00 bits per heavy atom. The fourth-order valence-electron chi connectivity index (χ4n) is 2.69. The molecule has 15 heavy (non-hydrogen) atoms. The second-order valence-electron chi connectivity index (χ2n) is 4.93. The van der Waals surface area contributed by atoms with Crippen LogP contribution in [0.3, 0.4) is 0 Å². The zero-order chi connectivity index (χ0) is 11.1. The molecule has 1 fully saturated rings. The zero-order valence-electron chi connectivity index (χ0n) is 10.3. The summed E-state index contributed by atoms with van der Waals surface area (Å²) in [6.07, 6.45) is 13.0. The van der Waals surface area contributed by atoms with E-state index in [1.54, 1.807) is 0 Å². The van der Waals surface area contributed by atoms with Crippen molar-refractivity contribution in [1.82, 2.24) is 5.32 Å².